The van der Waals surface area contributed by atoms with Gasteiger partial charge in [0.15, 0.2) is 11.5 Å². The smallest absolute Gasteiger partial charge is 0.241 e. The van der Waals surface area contributed by atoms with Crippen molar-refractivity contribution < 1.29 is 14.3 Å². The maximum Gasteiger partial charge on any atom is 0.241 e. The molecule has 2 rings (SSSR count). The zero-order chi connectivity index (χ0) is 13.8. The molecule has 1 aromatic carbocycles. The summed E-state index contributed by atoms with van der Waals surface area (Å²) in [6.07, 6.45) is 0.871. The van der Waals surface area contributed by atoms with Crippen LogP contribution in [0.2, 0.25) is 0 Å². The molecule has 104 valence electrons. The number of nitrogens with two attached hydrogens (primary N) is 1. The Balaban J connectivity index is 2.05. The largest absolute Gasteiger partial charge is 0.486 e. The van der Waals surface area contributed by atoms with Gasteiger partial charge in [0.1, 0.15) is 13.2 Å². The Morgan fingerprint density at radius 3 is 2.74 bits per heavy atom. The first-order chi connectivity index (χ1) is 9.11. The first kappa shape index (κ1) is 13.7. The molecule has 1 aromatic rings. The van der Waals surface area contributed by atoms with E-state index in [1.54, 1.807) is 18.2 Å². The fourth-order valence-corrected chi connectivity index (χ4v) is 1.86. The summed E-state index contributed by atoms with van der Waals surface area (Å²) in [7, 11) is 0. The number of benzene rings is 1. The Bertz CT molecular complexity index is 462. The number of ether oxygens (including phenoxy) is 2. The van der Waals surface area contributed by atoms with E-state index >= 15 is 0 Å². The first-order valence-corrected chi connectivity index (χ1v) is 6.58. The molecule has 1 heterocycles. The van der Waals surface area contributed by atoms with Crippen LogP contribution in [0.15, 0.2) is 18.2 Å². The van der Waals surface area contributed by atoms with Crippen molar-refractivity contribution in [3.05, 3.63) is 18.2 Å². The van der Waals surface area contributed by atoms with E-state index in [9.17, 15) is 4.79 Å². The average molecular weight is 264 g/mol. The van der Waals surface area contributed by atoms with E-state index < -0.39 is 6.04 Å². The maximum absolute atomic E-state index is 12.0. The van der Waals surface area contributed by atoms with Gasteiger partial charge >= 0.3 is 0 Å². The standard InChI is InChI=1S/C14H20N2O3/c1-3-9(2)13(15)14(17)16-10-4-5-11-12(8-10)19-7-6-18-11/h4-5,8-9,13H,3,6-7,15H2,1-2H3,(H,16,17). The van der Waals surface area contributed by atoms with Crippen LogP contribution in [0.1, 0.15) is 20.3 Å². The lowest BCUT2D eigenvalue weighted by Crippen LogP contribution is -2.40. The molecule has 0 aromatic heterocycles. The fourth-order valence-electron chi connectivity index (χ4n) is 1.86. The summed E-state index contributed by atoms with van der Waals surface area (Å²) in [4.78, 5) is 12.0. The van der Waals surface area contributed by atoms with Crippen molar-refractivity contribution in [2.45, 2.75) is 26.3 Å². The minimum Gasteiger partial charge on any atom is -0.486 e. The van der Waals surface area contributed by atoms with E-state index in [0.29, 0.717) is 30.4 Å². The van der Waals surface area contributed by atoms with E-state index in [1.807, 2.05) is 13.8 Å². The molecule has 3 N–H and O–H groups in total. The Labute approximate surface area is 113 Å². The van der Waals surface area contributed by atoms with Gasteiger partial charge in [-0.15, -0.1) is 0 Å². The number of amides is 1. The second-order valence-electron chi connectivity index (χ2n) is 4.76. The number of carbonyl (C=O) groups excluding carboxylic acids is 1. The summed E-state index contributed by atoms with van der Waals surface area (Å²) in [6, 6.07) is 4.83. The summed E-state index contributed by atoms with van der Waals surface area (Å²) >= 11 is 0. The van der Waals surface area contributed by atoms with Gasteiger partial charge in [-0.25, -0.2) is 0 Å². The number of hydrogen-bond acceptors (Lipinski definition) is 4. The maximum atomic E-state index is 12.0. The van der Waals surface area contributed by atoms with E-state index in [2.05, 4.69) is 5.32 Å². The Kier molecular flexibility index (Phi) is 4.27. The molecule has 2 atom stereocenters. The van der Waals surface area contributed by atoms with Crippen LogP contribution in [0.4, 0.5) is 5.69 Å². The highest BCUT2D eigenvalue weighted by atomic mass is 16.6. The number of anilines is 1. The molecule has 5 heteroatoms. The fraction of sp³-hybridized carbons (Fsp3) is 0.500. The zero-order valence-corrected chi connectivity index (χ0v) is 11.3. The molecule has 2 unspecified atom stereocenters. The molecule has 1 aliphatic rings. The molecule has 5 nitrogen and oxygen atoms in total. The third-order valence-electron chi connectivity index (χ3n) is 3.37. The van der Waals surface area contributed by atoms with Crippen LogP contribution < -0.4 is 20.5 Å². The molecule has 1 aliphatic heterocycles. The van der Waals surface area contributed by atoms with Gasteiger partial charge in [-0.3, -0.25) is 4.79 Å². The van der Waals surface area contributed by atoms with Crippen molar-refractivity contribution in [1.82, 2.24) is 0 Å². The molecular formula is C14H20N2O3. The van der Waals surface area contributed by atoms with Crippen molar-refractivity contribution in [3.63, 3.8) is 0 Å². The summed E-state index contributed by atoms with van der Waals surface area (Å²) in [5.41, 5.74) is 6.56. The van der Waals surface area contributed by atoms with Crippen LogP contribution >= 0.6 is 0 Å². The highest BCUT2D eigenvalue weighted by molar-refractivity contribution is 5.95. The van der Waals surface area contributed by atoms with Crippen LogP contribution in [0.5, 0.6) is 11.5 Å². The number of nitrogens with one attached hydrogen (secondary N) is 1. The van der Waals surface area contributed by atoms with Gasteiger partial charge in [0, 0.05) is 11.8 Å². The van der Waals surface area contributed by atoms with Gasteiger partial charge in [-0.05, 0) is 18.1 Å². The predicted molar refractivity (Wildman–Crippen MR) is 73.5 cm³/mol. The SMILES string of the molecule is CCC(C)C(N)C(=O)Nc1ccc2c(c1)OCCO2. The molecule has 0 saturated heterocycles. The number of rotatable bonds is 4. The minimum atomic E-state index is -0.502. The normalized spacial score (nSPS) is 16.6. The van der Waals surface area contributed by atoms with E-state index in [0.717, 1.165) is 6.42 Å². The summed E-state index contributed by atoms with van der Waals surface area (Å²) < 4.78 is 10.9. The van der Waals surface area contributed by atoms with Crippen molar-refractivity contribution in [3.8, 4) is 11.5 Å². The van der Waals surface area contributed by atoms with Crippen molar-refractivity contribution in [2.24, 2.45) is 11.7 Å². The highest BCUT2D eigenvalue weighted by Crippen LogP contribution is 2.32. The lowest BCUT2D eigenvalue weighted by atomic mass is 9.99. The highest BCUT2D eigenvalue weighted by Gasteiger charge is 2.20. The number of hydrogen-bond donors (Lipinski definition) is 2. The monoisotopic (exact) mass is 264 g/mol. The Morgan fingerprint density at radius 1 is 1.37 bits per heavy atom. The summed E-state index contributed by atoms with van der Waals surface area (Å²) in [5.74, 6) is 1.33. The topological polar surface area (TPSA) is 73.6 Å². The van der Waals surface area contributed by atoms with Crippen LogP contribution in [-0.4, -0.2) is 25.2 Å². The van der Waals surface area contributed by atoms with E-state index in [1.165, 1.54) is 0 Å². The van der Waals surface area contributed by atoms with E-state index in [-0.39, 0.29) is 11.8 Å². The first-order valence-electron chi connectivity index (χ1n) is 6.58. The van der Waals surface area contributed by atoms with Crippen molar-refractivity contribution in [1.29, 1.82) is 0 Å². The van der Waals surface area contributed by atoms with Gasteiger partial charge in [0.25, 0.3) is 0 Å². The van der Waals surface area contributed by atoms with Crippen molar-refractivity contribution in [2.75, 3.05) is 18.5 Å². The molecular weight excluding hydrogens is 244 g/mol. The number of carbonyl (C=O) groups is 1. The summed E-state index contributed by atoms with van der Waals surface area (Å²) in [6.45, 7) is 5.06. The van der Waals surface area contributed by atoms with Crippen LogP contribution in [0.25, 0.3) is 0 Å². The third kappa shape index (κ3) is 3.17. The van der Waals surface area contributed by atoms with Gasteiger partial charge < -0.3 is 20.5 Å². The number of fused-ring (bicyclic) bond motifs is 1. The quantitative estimate of drug-likeness (QED) is 0.869. The lowest BCUT2D eigenvalue weighted by Gasteiger charge is -2.20. The van der Waals surface area contributed by atoms with Crippen LogP contribution in [0, 0.1) is 5.92 Å². The molecule has 0 fully saturated rings. The van der Waals surface area contributed by atoms with Gasteiger partial charge in [-0.1, -0.05) is 20.3 Å². The molecule has 0 saturated carbocycles. The molecule has 0 aliphatic carbocycles. The van der Waals surface area contributed by atoms with Crippen molar-refractivity contribution >= 4 is 11.6 Å². The second-order valence-corrected chi connectivity index (χ2v) is 4.76. The second kappa shape index (κ2) is 5.93. The average Bonchev–Trinajstić information content (AvgIpc) is 2.45. The summed E-state index contributed by atoms with van der Waals surface area (Å²) in [5, 5.41) is 2.81. The molecule has 19 heavy (non-hydrogen) atoms. The zero-order valence-electron chi connectivity index (χ0n) is 11.3. The Morgan fingerprint density at radius 2 is 2.05 bits per heavy atom. The van der Waals surface area contributed by atoms with Gasteiger partial charge in [-0.2, -0.15) is 0 Å². The van der Waals surface area contributed by atoms with Crippen LogP contribution in [0.3, 0.4) is 0 Å². The van der Waals surface area contributed by atoms with Crippen LogP contribution in [-0.2, 0) is 4.79 Å². The third-order valence-corrected chi connectivity index (χ3v) is 3.37. The van der Waals surface area contributed by atoms with Gasteiger partial charge in [0.05, 0.1) is 6.04 Å². The minimum absolute atomic E-state index is 0.150. The van der Waals surface area contributed by atoms with Gasteiger partial charge in [0.2, 0.25) is 5.91 Å². The van der Waals surface area contributed by atoms with E-state index in [4.69, 9.17) is 15.2 Å². The molecule has 0 bridgehead atoms. The lowest BCUT2D eigenvalue weighted by molar-refractivity contribution is -0.118. The Hall–Kier alpha value is -1.75. The molecule has 1 amide bonds. The predicted octanol–water partition coefficient (Wildman–Crippen LogP) is 1.77. The molecule has 0 spiro atoms. The molecule has 0 radical (unpaired) electrons.